The molecule has 344 valence electrons. The van der Waals surface area contributed by atoms with Crippen molar-refractivity contribution >= 4 is 45.3 Å². The van der Waals surface area contributed by atoms with Crippen molar-refractivity contribution in [2.45, 2.75) is 106 Å². The van der Waals surface area contributed by atoms with Crippen molar-refractivity contribution in [3.63, 3.8) is 0 Å². The number of thiophene rings is 4. The van der Waals surface area contributed by atoms with Crippen LogP contribution in [0.2, 0.25) is 0 Å². The van der Waals surface area contributed by atoms with E-state index in [9.17, 15) is 0 Å². The molecule has 4 nitrogen and oxygen atoms in total. The van der Waals surface area contributed by atoms with E-state index in [1.165, 1.54) is 70.9 Å². The number of terminal acetylenes is 2. The quantitative estimate of drug-likeness (QED) is 0.0564. The Morgan fingerprint density at radius 1 is 0.382 bits per heavy atom. The fourth-order valence-corrected chi connectivity index (χ4v) is 10.4. The van der Waals surface area contributed by atoms with Crippen molar-refractivity contribution in [2.24, 2.45) is 0 Å². The maximum atomic E-state index is 6.38. The number of ether oxygens (including phenoxy) is 4. The molecule has 0 saturated carbocycles. The van der Waals surface area contributed by atoms with Gasteiger partial charge in [-0.3, -0.25) is 0 Å². The van der Waals surface area contributed by atoms with Crippen LogP contribution in [0.1, 0.15) is 97.6 Å². The molecule has 0 aliphatic carbocycles. The second-order valence-corrected chi connectivity index (χ2v) is 20.7. The molecule has 4 aromatic heterocycles. The Kier molecular flexibility index (Phi) is 22.5. The second-order valence-electron chi connectivity index (χ2n) is 15.6. The van der Waals surface area contributed by atoms with Crippen molar-refractivity contribution in [1.82, 2.24) is 0 Å². The Bertz CT molecular complexity index is 3010. The van der Waals surface area contributed by atoms with Gasteiger partial charge >= 0.3 is 0 Å². The molecule has 0 saturated heterocycles. The highest BCUT2D eigenvalue weighted by molar-refractivity contribution is 7.16. The molecule has 0 aliphatic heterocycles. The normalized spacial score (nSPS) is 9.71. The third-order valence-corrected chi connectivity index (χ3v) is 14.3. The number of hydrogen-bond acceptors (Lipinski definition) is 8. The molecular weight excluding hydrogens is 913 g/mol. The molecule has 68 heavy (non-hydrogen) atoms. The summed E-state index contributed by atoms with van der Waals surface area (Å²) in [5, 5.41) is 0. The molecule has 8 heteroatoms. The Morgan fingerprint density at radius 2 is 0.691 bits per heavy atom. The lowest BCUT2D eigenvalue weighted by atomic mass is 10.1. The zero-order chi connectivity index (χ0) is 48.4. The molecule has 0 amide bonds. The van der Waals surface area contributed by atoms with Crippen molar-refractivity contribution in [1.29, 1.82) is 0 Å². The van der Waals surface area contributed by atoms with Gasteiger partial charge in [0, 0.05) is 90.9 Å². The van der Waals surface area contributed by atoms with Gasteiger partial charge in [-0.05, 0) is 143 Å². The maximum Gasteiger partial charge on any atom is 0.149 e. The van der Waals surface area contributed by atoms with Gasteiger partial charge in [0.2, 0.25) is 0 Å². The van der Waals surface area contributed by atoms with Crippen LogP contribution in [0.3, 0.4) is 0 Å². The molecule has 0 atom stereocenters. The molecule has 4 heterocycles. The van der Waals surface area contributed by atoms with Crippen LogP contribution in [0.15, 0.2) is 72.8 Å². The van der Waals surface area contributed by atoms with E-state index in [1.54, 1.807) is 45.3 Å². The Hall–Kier alpha value is -6.64. The van der Waals surface area contributed by atoms with E-state index in [-0.39, 0.29) is 0 Å². The Morgan fingerprint density at radius 3 is 1.06 bits per heavy atom. The van der Waals surface area contributed by atoms with Crippen LogP contribution in [0.5, 0.6) is 23.0 Å². The topological polar surface area (TPSA) is 36.9 Å². The lowest BCUT2D eigenvalue weighted by Gasteiger charge is -2.15. The summed E-state index contributed by atoms with van der Waals surface area (Å²) < 4.78 is 24.5. The van der Waals surface area contributed by atoms with Gasteiger partial charge in [0.1, 0.15) is 35.2 Å². The lowest BCUT2D eigenvalue weighted by molar-refractivity contribution is 0.305. The summed E-state index contributed by atoms with van der Waals surface area (Å²) >= 11 is 6.91. The minimum atomic E-state index is 0.675. The van der Waals surface area contributed by atoms with E-state index in [4.69, 9.17) is 31.8 Å². The van der Waals surface area contributed by atoms with E-state index >= 15 is 0 Å². The van der Waals surface area contributed by atoms with Gasteiger partial charge < -0.3 is 18.9 Å². The fourth-order valence-electron chi connectivity index (χ4n) is 6.80. The summed E-state index contributed by atoms with van der Waals surface area (Å²) in [6.45, 7) is 14.3. The average molecular weight is 969 g/mol. The third kappa shape index (κ3) is 16.9. The standard InChI is InChI=1S/C32H30O2S2.C28H26O2S2/c1-5-7-9-11-13-15-21-33-29-23-28(32-20-18-26(4)36-32)30(34-22-16-14-12-10-8-6-2)24-27(29)31-19-17-25(3)35-31;1-5-7-9-11-17-29-25-19-24(28-16-14-22(4)32-28)26(30-18-12-10-8-6-2)20-23(25)27-15-13-21(3)31-27/h1,17-20,23-24H,6,8,10,12,14,16,22H2,2-4H3;1,13-16,19-20H,6,8,10,12,18H2,2-4H3. The van der Waals surface area contributed by atoms with Crippen LogP contribution in [0, 0.1) is 112 Å². The molecule has 0 spiro atoms. The van der Waals surface area contributed by atoms with E-state index in [2.05, 4.69) is 174 Å². The number of hydrogen-bond donors (Lipinski definition) is 0. The smallest absolute Gasteiger partial charge is 0.149 e. The molecule has 0 N–H and O–H groups in total. The Balaban J connectivity index is 0.000000256. The number of benzene rings is 2. The summed E-state index contributed by atoms with van der Waals surface area (Å²) in [6.07, 6.45) is 27.6. The first-order chi connectivity index (χ1) is 33.2. The van der Waals surface area contributed by atoms with Crippen LogP contribution in [-0.4, -0.2) is 13.2 Å². The first-order valence-electron chi connectivity index (χ1n) is 22.9. The van der Waals surface area contributed by atoms with Crippen molar-refractivity contribution < 1.29 is 18.9 Å². The highest BCUT2D eigenvalue weighted by Crippen LogP contribution is 2.46. The van der Waals surface area contributed by atoms with Gasteiger partial charge in [-0.1, -0.05) is 65.2 Å². The molecule has 0 bridgehead atoms. The maximum absolute atomic E-state index is 6.38. The average Bonchev–Trinajstić information content (AvgIpc) is 4.18. The zero-order valence-corrected chi connectivity index (χ0v) is 43.1. The Labute approximate surface area is 421 Å². The van der Waals surface area contributed by atoms with Crippen LogP contribution < -0.4 is 18.9 Å². The van der Waals surface area contributed by atoms with Gasteiger partial charge in [0.15, 0.2) is 0 Å². The first kappa shape index (κ1) is 52.3. The molecule has 6 aromatic rings. The molecule has 0 fully saturated rings. The predicted molar refractivity (Wildman–Crippen MR) is 291 cm³/mol. The number of rotatable bonds is 20. The lowest BCUT2D eigenvalue weighted by Crippen LogP contribution is -2.00. The molecule has 0 radical (unpaired) electrons. The van der Waals surface area contributed by atoms with Crippen molar-refractivity contribution in [3.8, 4) is 149 Å². The highest BCUT2D eigenvalue weighted by Gasteiger charge is 2.19. The second kappa shape index (κ2) is 29.2. The summed E-state index contributed by atoms with van der Waals surface area (Å²) in [5.41, 5.74) is 3.95. The van der Waals surface area contributed by atoms with Gasteiger partial charge in [-0.2, -0.15) is 0 Å². The minimum absolute atomic E-state index is 0.675. The fraction of sp³-hybridized carbons (Fsp3) is 0.300. The summed E-state index contributed by atoms with van der Waals surface area (Å²) in [6, 6.07) is 25.2. The molecular formula is C60H56O4S4. The molecule has 6 rings (SSSR count). The van der Waals surface area contributed by atoms with Crippen LogP contribution in [0.25, 0.3) is 41.8 Å². The van der Waals surface area contributed by atoms with Crippen LogP contribution in [0.4, 0.5) is 0 Å². The van der Waals surface area contributed by atoms with Gasteiger partial charge in [-0.25, -0.2) is 0 Å². The van der Waals surface area contributed by atoms with E-state index in [1.807, 2.05) is 12.1 Å². The van der Waals surface area contributed by atoms with E-state index in [0.717, 1.165) is 66.1 Å². The summed E-state index contributed by atoms with van der Waals surface area (Å²) in [7, 11) is 0. The van der Waals surface area contributed by atoms with Crippen molar-refractivity contribution in [2.75, 3.05) is 13.2 Å². The zero-order valence-electron chi connectivity index (χ0n) is 39.8. The van der Waals surface area contributed by atoms with Crippen LogP contribution in [-0.2, 0) is 0 Å². The van der Waals surface area contributed by atoms with Gasteiger partial charge in [0.05, 0.1) is 13.2 Å². The largest absolute Gasteiger partial charge is 0.493 e. The SMILES string of the molecule is C#CC#CC#CC#COc1cc(-c2ccc(C)s2)c(OCCCCCCCC)cc1-c1ccc(C)s1.C#CC#CC#COc1cc(-c2ccc(C)s2)c(OCCCCCC)cc1-c1ccc(C)s1. The summed E-state index contributed by atoms with van der Waals surface area (Å²) in [4.78, 5) is 9.46. The molecule has 0 aliphatic rings. The number of unbranched alkanes of at least 4 members (excludes halogenated alkanes) is 8. The van der Waals surface area contributed by atoms with Gasteiger partial charge in [-0.15, -0.1) is 58.2 Å². The van der Waals surface area contributed by atoms with Crippen LogP contribution >= 0.6 is 45.3 Å². The minimum Gasteiger partial charge on any atom is -0.493 e. The van der Waals surface area contributed by atoms with E-state index < -0.39 is 0 Å². The first-order valence-corrected chi connectivity index (χ1v) is 26.1. The monoisotopic (exact) mass is 968 g/mol. The molecule has 0 unspecified atom stereocenters. The summed E-state index contributed by atoms with van der Waals surface area (Å²) in [5.74, 6) is 28.2. The molecule has 2 aromatic carbocycles. The van der Waals surface area contributed by atoms with Gasteiger partial charge in [0.25, 0.3) is 0 Å². The van der Waals surface area contributed by atoms with Crippen molar-refractivity contribution in [3.05, 3.63) is 92.3 Å². The number of aryl methyl sites for hydroxylation is 4. The highest BCUT2D eigenvalue weighted by atomic mass is 32.1. The van der Waals surface area contributed by atoms with E-state index in [0.29, 0.717) is 24.7 Å². The third-order valence-electron chi connectivity index (χ3n) is 10.1. The predicted octanol–water partition coefficient (Wildman–Crippen LogP) is 16.2.